The van der Waals surface area contributed by atoms with E-state index in [9.17, 15) is 9.18 Å². The summed E-state index contributed by atoms with van der Waals surface area (Å²) in [4.78, 5) is 30.4. The summed E-state index contributed by atoms with van der Waals surface area (Å²) in [6.45, 7) is 2.11. The number of imidazole rings is 1. The van der Waals surface area contributed by atoms with Crippen molar-refractivity contribution in [3.05, 3.63) is 65.7 Å². The summed E-state index contributed by atoms with van der Waals surface area (Å²) in [6, 6.07) is 6.09. The number of nitrogen functional groups attached to an aromatic ring is 1. The molecule has 33 heavy (non-hydrogen) atoms. The number of amides is 1. The molecule has 4 aromatic heterocycles. The van der Waals surface area contributed by atoms with Crippen molar-refractivity contribution in [1.29, 1.82) is 0 Å². The summed E-state index contributed by atoms with van der Waals surface area (Å²) in [5.41, 5.74) is 8.49. The second-order valence-electron chi connectivity index (χ2n) is 7.14. The second kappa shape index (κ2) is 8.35. The van der Waals surface area contributed by atoms with Crippen LogP contribution in [-0.2, 0) is 17.9 Å². The topological polar surface area (TPSA) is 134 Å². The number of benzene rings is 1. The number of thiazole rings is 1. The first-order valence-corrected chi connectivity index (χ1v) is 10.7. The average molecular weight is 464 g/mol. The Morgan fingerprint density at radius 2 is 2.03 bits per heavy atom. The van der Waals surface area contributed by atoms with Crippen LogP contribution >= 0.6 is 11.3 Å². The first kappa shape index (κ1) is 20.6. The summed E-state index contributed by atoms with van der Waals surface area (Å²) in [7, 11) is 0. The van der Waals surface area contributed by atoms with Crippen molar-refractivity contribution in [2.24, 2.45) is 0 Å². The SMILES string of the molecule is CC(=O)N(c1nc(Cn2cc(Cn3cnc4c(N)ncnc43)nn2)cs1)c1ccccc1F. The maximum Gasteiger partial charge on any atom is 0.230 e. The summed E-state index contributed by atoms with van der Waals surface area (Å²) in [5, 5.41) is 10.5. The quantitative estimate of drug-likeness (QED) is 0.405. The van der Waals surface area contributed by atoms with Crippen LogP contribution in [0.2, 0.25) is 0 Å². The molecule has 2 N–H and O–H groups in total. The molecule has 11 nitrogen and oxygen atoms in total. The predicted molar refractivity (Wildman–Crippen MR) is 119 cm³/mol. The van der Waals surface area contributed by atoms with E-state index in [4.69, 9.17) is 5.73 Å². The van der Waals surface area contributed by atoms with Gasteiger partial charge < -0.3 is 10.3 Å². The monoisotopic (exact) mass is 464 g/mol. The predicted octanol–water partition coefficient (Wildman–Crippen LogP) is 2.38. The van der Waals surface area contributed by atoms with E-state index in [0.29, 0.717) is 46.6 Å². The van der Waals surface area contributed by atoms with E-state index in [1.807, 2.05) is 4.57 Å². The van der Waals surface area contributed by atoms with Crippen LogP contribution in [-0.4, -0.2) is 45.4 Å². The molecule has 0 unspecified atom stereocenters. The van der Waals surface area contributed by atoms with Gasteiger partial charge in [0.15, 0.2) is 16.6 Å². The van der Waals surface area contributed by atoms with Crippen LogP contribution in [0.4, 0.5) is 21.0 Å². The number of anilines is 3. The van der Waals surface area contributed by atoms with E-state index in [0.717, 1.165) is 0 Å². The number of nitrogens with zero attached hydrogens (tertiary/aromatic N) is 9. The zero-order valence-corrected chi connectivity index (χ0v) is 18.1. The Balaban J connectivity index is 1.33. The standard InChI is InChI=1S/C20H17FN10OS/c1-12(32)31(16-5-3-2-4-15(16)21)20-26-14(9-33-20)8-30-7-13(27-28-30)6-29-11-25-17-18(22)23-10-24-19(17)29/h2-5,7,9-11H,6,8H2,1H3,(H2,22,23,24). The minimum absolute atomic E-state index is 0.158. The Kier molecular flexibility index (Phi) is 5.22. The molecule has 0 radical (unpaired) electrons. The molecule has 0 atom stereocenters. The first-order chi connectivity index (χ1) is 16.0. The van der Waals surface area contributed by atoms with Gasteiger partial charge in [-0.15, -0.1) is 16.4 Å². The normalized spacial score (nSPS) is 11.2. The van der Waals surface area contributed by atoms with Crippen molar-refractivity contribution < 1.29 is 9.18 Å². The van der Waals surface area contributed by atoms with Gasteiger partial charge in [-0.1, -0.05) is 17.3 Å². The van der Waals surface area contributed by atoms with Crippen LogP contribution < -0.4 is 10.6 Å². The number of nitrogens with two attached hydrogens (primary N) is 1. The highest BCUT2D eigenvalue weighted by atomic mass is 32.1. The van der Waals surface area contributed by atoms with E-state index >= 15 is 0 Å². The van der Waals surface area contributed by atoms with E-state index in [1.165, 1.54) is 35.6 Å². The van der Waals surface area contributed by atoms with Gasteiger partial charge in [0.05, 0.1) is 37.0 Å². The number of aromatic nitrogens is 8. The average Bonchev–Trinajstić information content (AvgIpc) is 3.52. The van der Waals surface area contributed by atoms with Crippen LogP contribution in [0.25, 0.3) is 11.2 Å². The molecular weight excluding hydrogens is 447 g/mol. The Bertz CT molecular complexity index is 1460. The maximum atomic E-state index is 14.3. The number of fused-ring (bicyclic) bond motifs is 1. The third-order valence-corrected chi connectivity index (χ3v) is 5.69. The second-order valence-corrected chi connectivity index (χ2v) is 7.97. The lowest BCUT2D eigenvalue weighted by Crippen LogP contribution is -2.23. The summed E-state index contributed by atoms with van der Waals surface area (Å²) in [5.74, 6) is -0.512. The van der Waals surface area contributed by atoms with Crippen molar-refractivity contribution in [3.8, 4) is 0 Å². The van der Waals surface area contributed by atoms with Gasteiger partial charge in [0.1, 0.15) is 23.4 Å². The molecule has 0 spiro atoms. The molecule has 0 saturated heterocycles. The molecule has 0 bridgehead atoms. The minimum Gasteiger partial charge on any atom is -0.382 e. The molecule has 0 aliphatic rings. The highest BCUT2D eigenvalue weighted by molar-refractivity contribution is 7.14. The molecule has 4 heterocycles. The summed E-state index contributed by atoms with van der Waals surface area (Å²) < 4.78 is 17.7. The van der Waals surface area contributed by atoms with Gasteiger partial charge in [-0.25, -0.2) is 29.0 Å². The zero-order chi connectivity index (χ0) is 22.9. The molecule has 166 valence electrons. The number of carbonyl (C=O) groups excluding carboxylic acids is 1. The van der Waals surface area contributed by atoms with Crippen molar-refractivity contribution >= 4 is 45.0 Å². The van der Waals surface area contributed by atoms with Crippen LogP contribution in [0.1, 0.15) is 18.3 Å². The van der Waals surface area contributed by atoms with E-state index in [-0.39, 0.29) is 11.6 Å². The molecule has 1 aromatic carbocycles. The van der Waals surface area contributed by atoms with Crippen molar-refractivity contribution in [2.75, 3.05) is 10.6 Å². The van der Waals surface area contributed by atoms with E-state index < -0.39 is 5.82 Å². The Labute approximate surface area is 190 Å². The fourth-order valence-electron chi connectivity index (χ4n) is 3.36. The molecule has 0 saturated carbocycles. The van der Waals surface area contributed by atoms with E-state index in [1.54, 1.807) is 40.8 Å². The fourth-order valence-corrected chi connectivity index (χ4v) is 4.23. The van der Waals surface area contributed by atoms with Gasteiger partial charge in [0.25, 0.3) is 0 Å². The van der Waals surface area contributed by atoms with Gasteiger partial charge in [0.2, 0.25) is 5.91 Å². The number of rotatable bonds is 6. The number of hydrogen-bond donors (Lipinski definition) is 1. The number of hydrogen-bond acceptors (Lipinski definition) is 9. The summed E-state index contributed by atoms with van der Waals surface area (Å²) in [6.07, 6.45) is 4.80. The first-order valence-electron chi connectivity index (χ1n) is 9.79. The highest BCUT2D eigenvalue weighted by Crippen LogP contribution is 2.30. The van der Waals surface area contributed by atoms with Crippen molar-refractivity contribution in [3.63, 3.8) is 0 Å². The maximum absolute atomic E-state index is 14.3. The number of carbonyl (C=O) groups is 1. The Morgan fingerprint density at radius 1 is 1.18 bits per heavy atom. The van der Waals surface area contributed by atoms with Crippen LogP contribution in [0, 0.1) is 5.82 Å². The molecule has 0 aliphatic carbocycles. The molecule has 0 fully saturated rings. The third kappa shape index (κ3) is 4.01. The largest absolute Gasteiger partial charge is 0.382 e. The number of halogens is 1. The zero-order valence-electron chi connectivity index (χ0n) is 17.3. The Hall–Kier alpha value is -4.26. The van der Waals surface area contributed by atoms with Gasteiger partial charge in [0, 0.05) is 12.3 Å². The summed E-state index contributed by atoms with van der Waals surface area (Å²) >= 11 is 1.25. The smallest absolute Gasteiger partial charge is 0.230 e. The molecule has 13 heteroatoms. The van der Waals surface area contributed by atoms with Crippen molar-refractivity contribution in [2.45, 2.75) is 20.0 Å². The van der Waals surface area contributed by atoms with Crippen LogP contribution in [0.3, 0.4) is 0 Å². The van der Waals surface area contributed by atoms with Gasteiger partial charge in [-0.3, -0.25) is 9.69 Å². The van der Waals surface area contributed by atoms with Crippen LogP contribution in [0.15, 0.2) is 48.5 Å². The molecular formula is C20H17FN10OS. The highest BCUT2D eigenvalue weighted by Gasteiger charge is 2.21. The molecule has 1 amide bonds. The lowest BCUT2D eigenvalue weighted by molar-refractivity contribution is -0.115. The fraction of sp³-hybridized carbons (Fsp3) is 0.150. The minimum atomic E-state index is -0.496. The molecule has 5 rings (SSSR count). The molecule has 0 aliphatic heterocycles. The van der Waals surface area contributed by atoms with Gasteiger partial charge in [-0.05, 0) is 12.1 Å². The number of para-hydroxylation sites is 1. The lowest BCUT2D eigenvalue weighted by atomic mass is 10.3. The van der Waals surface area contributed by atoms with Crippen molar-refractivity contribution in [1.82, 2.24) is 39.5 Å². The molecule has 5 aromatic rings. The van der Waals surface area contributed by atoms with Crippen LogP contribution in [0.5, 0.6) is 0 Å². The van der Waals surface area contributed by atoms with Gasteiger partial charge >= 0.3 is 0 Å². The lowest BCUT2D eigenvalue weighted by Gasteiger charge is -2.18. The third-order valence-electron chi connectivity index (χ3n) is 4.81. The Morgan fingerprint density at radius 3 is 2.85 bits per heavy atom. The van der Waals surface area contributed by atoms with Gasteiger partial charge in [-0.2, -0.15) is 0 Å². The van der Waals surface area contributed by atoms with E-state index in [2.05, 4.69) is 30.2 Å².